The van der Waals surface area contributed by atoms with Crippen molar-refractivity contribution >= 4 is 33.0 Å². The molecule has 0 N–H and O–H groups in total. The first-order valence-corrected chi connectivity index (χ1v) is 12.0. The summed E-state index contributed by atoms with van der Waals surface area (Å²) in [6.07, 6.45) is 0.946. The van der Waals surface area contributed by atoms with Gasteiger partial charge in [-0.25, -0.2) is 8.42 Å². The van der Waals surface area contributed by atoms with Crippen molar-refractivity contribution < 1.29 is 18.0 Å². The summed E-state index contributed by atoms with van der Waals surface area (Å²) in [6.45, 7) is 6.12. The average molecular weight is 429 g/mol. The van der Waals surface area contributed by atoms with Gasteiger partial charge in [0.05, 0.1) is 10.6 Å². The molecule has 0 unspecified atom stereocenters. The molecular formula is C23H28N2O4S. The largest absolute Gasteiger partial charge is 0.313 e. The number of nitrogens with zero attached hydrogens (tertiary/aromatic N) is 2. The first-order chi connectivity index (χ1) is 14.3. The first kappa shape index (κ1) is 22.0. The number of anilines is 2. The van der Waals surface area contributed by atoms with Crippen molar-refractivity contribution in [2.24, 2.45) is 0 Å². The second-order valence-electron chi connectivity index (χ2n) is 7.50. The first-order valence-electron chi connectivity index (χ1n) is 10.3. The van der Waals surface area contributed by atoms with Crippen LogP contribution >= 0.6 is 0 Å². The third kappa shape index (κ3) is 4.41. The zero-order valence-electron chi connectivity index (χ0n) is 17.7. The number of benzene rings is 2. The van der Waals surface area contributed by atoms with E-state index >= 15 is 0 Å². The molecule has 0 spiro atoms. The molecule has 1 heterocycles. The van der Waals surface area contributed by atoms with Gasteiger partial charge < -0.3 is 9.80 Å². The summed E-state index contributed by atoms with van der Waals surface area (Å²) >= 11 is 0. The third-order valence-electron chi connectivity index (χ3n) is 5.47. The van der Waals surface area contributed by atoms with Gasteiger partial charge in [0.25, 0.3) is 0 Å². The summed E-state index contributed by atoms with van der Waals surface area (Å²) in [4.78, 5) is 28.4. The maximum Gasteiger partial charge on any atom is 0.228 e. The number of sulfone groups is 1. The molecule has 0 fully saturated rings. The molecule has 0 aliphatic carbocycles. The second-order valence-corrected chi connectivity index (χ2v) is 9.61. The van der Waals surface area contributed by atoms with Crippen molar-refractivity contribution in [2.75, 3.05) is 22.1 Å². The summed E-state index contributed by atoms with van der Waals surface area (Å²) in [6, 6.07) is 14.2. The number of hydrogen-bond acceptors (Lipinski definition) is 4. The highest BCUT2D eigenvalue weighted by molar-refractivity contribution is 7.91. The molecule has 0 aromatic heterocycles. The molecule has 30 heavy (non-hydrogen) atoms. The van der Waals surface area contributed by atoms with Crippen LogP contribution in [0.4, 0.5) is 11.4 Å². The minimum absolute atomic E-state index is 0.0102. The highest BCUT2D eigenvalue weighted by Gasteiger charge is 2.31. The predicted octanol–water partition coefficient (Wildman–Crippen LogP) is 3.59. The van der Waals surface area contributed by atoms with Gasteiger partial charge in [-0.1, -0.05) is 25.1 Å². The van der Waals surface area contributed by atoms with E-state index in [4.69, 9.17) is 0 Å². The Bertz CT molecular complexity index is 1030. The minimum atomic E-state index is -3.61. The fraction of sp³-hybridized carbons (Fsp3) is 0.391. The zero-order chi connectivity index (χ0) is 21.9. The lowest BCUT2D eigenvalue weighted by molar-refractivity contribution is -0.119. The van der Waals surface area contributed by atoms with Crippen LogP contribution in [0.25, 0.3) is 0 Å². The van der Waals surface area contributed by atoms with E-state index in [-0.39, 0.29) is 34.9 Å². The monoisotopic (exact) mass is 428 g/mol. The lowest BCUT2D eigenvalue weighted by Crippen LogP contribution is -2.35. The van der Waals surface area contributed by atoms with Crippen LogP contribution in [-0.2, 0) is 25.8 Å². The Kier molecular flexibility index (Phi) is 6.61. The molecular weight excluding hydrogens is 400 g/mol. The summed E-state index contributed by atoms with van der Waals surface area (Å²) in [5.74, 6) is -0.439. The molecule has 0 saturated heterocycles. The highest BCUT2D eigenvalue weighted by Crippen LogP contribution is 2.34. The Balaban J connectivity index is 1.75. The summed E-state index contributed by atoms with van der Waals surface area (Å²) in [5, 5.41) is 0. The van der Waals surface area contributed by atoms with E-state index < -0.39 is 9.84 Å². The Morgan fingerprint density at radius 3 is 2.43 bits per heavy atom. The van der Waals surface area contributed by atoms with Crippen molar-refractivity contribution in [3.05, 3.63) is 54.1 Å². The lowest BCUT2D eigenvalue weighted by Gasteiger charge is -2.22. The average Bonchev–Trinajstić information content (AvgIpc) is 3.08. The van der Waals surface area contributed by atoms with Crippen molar-refractivity contribution in [1.29, 1.82) is 0 Å². The molecule has 1 aliphatic rings. The third-order valence-corrected chi connectivity index (χ3v) is 7.18. The molecule has 6 nitrogen and oxygen atoms in total. The van der Waals surface area contributed by atoms with Crippen molar-refractivity contribution in [3.8, 4) is 0 Å². The lowest BCUT2D eigenvalue weighted by atomic mass is 10.1. The van der Waals surface area contributed by atoms with E-state index in [0.717, 1.165) is 16.9 Å². The van der Waals surface area contributed by atoms with Crippen molar-refractivity contribution in [3.63, 3.8) is 0 Å². The Labute approximate surface area is 178 Å². The Morgan fingerprint density at radius 2 is 1.80 bits per heavy atom. The topological polar surface area (TPSA) is 74.8 Å². The van der Waals surface area contributed by atoms with Gasteiger partial charge in [-0.3, -0.25) is 9.59 Å². The maximum atomic E-state index is 12.9. The Morgan fingerprint density at radius 1 is 1.10 bits per heavy atom. The molecule has 0 bridgehead atoms. The van der Waals surface area contributed by atoms with E-state index in [0.29, 0.717) is 19.4 Å². The molecule has 2 aromatic rings. The van der Waals surface area contributed by atoms with Gasteiger partial charge in [-0.15, -0.1) is 0 Å². The summed E-state index contributed by atoms with van der Waals surface area (Å²) < 4.78 is 25.8. The maximum absolute atomic E-state index is 12.9. The van der Waals surface area contributed by atoms with Crippen LogP contribution in [-0.4, -0.2) is 38.6 Å². The van der Waals surface area contributed by atoms with Crippen molar-refractivity contribution in [2.45, 2.75) is 51.0 Å². The van der Waals surface area contributed by atoms with Crippen LogP contribution in [0.1, 0.15) is 39.2 Å². The zero-order valence-corrected chi connectivity index (χ0v) is 18.5. The van der Waals surface area contributed by atoms with Gasteiger partial charge in [-0.05, 0) is 56.2 Å². The van der Waals surface area contributed by atoms with Crippen LogP contribution in [0, 0.1) is 0 Å². The predicted molar refractivity (Wildman–Crippen MR) is 119 cm³/mol. The van der Waals surface area contributed by atoms with Crippen LogP contribution in [0.15, 0.2) is 53.4 Å². The van der Waals surface area contributed by atoms with Gasteiger partial charge >= 0.3 is 0 Å². The molecule has 1 atom stereocenters. The normalized spacial score (nSPS) is 15.7. The Hall–Kier alpha value is -2.67. The SMILES string of the molecule is CCC(=O)N1c2ccc(S(=O)(=O)CCC(=O)N(CC)c3ccccc3)cc2C[C@H]1C. The molecule has 2 amide bonds. The molecule has 7 heteroatoms. The van der Waals surface area contributed by atoms with E-state index in [9.17, 15) is 18.0 Å². The highest BCUT2D eigenvalue weighted by atomic mass is 32.2. The molecule has 0 saturated carbocycles. The van der Waals surface area contributed by atoms with Gasteiger partial charge in [0.1, 0.15) is 0 Å². The van der Waals surface area contributed by atoms with E-state index in [1.807, 2.05) is 51.1 Å². The molecule has 1 aliphatic heterocycles. The van der Waals surface area contributed by atoms with Crippen LogP contribution < -0.4 is 9.80 Å². The summed E-state index contributed by atoms with van der Waals surface area (Å²) in [7, 11) is -3.61. The van der Waals surface area contributed by atoms with Crippen LogP contribution in [0.2, 0.25) is 0 Å². The fourth-order valence-corrected chi connectivity index (χ4v) is 5.21. The summed E-state index contributed by atoms with van der Waals surface area (Å²) in [5.41, 5.74) is 2.40. The van der Waals surface area contributed by atoms with Crippen LogP contribution in [0.5, 0.6) is 0 Å². The van der Waals surface area contributed by atoms with Gasteiger partial charge in [0, 0.05) is 36.8 Å². The van der Waals surface area contributed by atoms with Gasteiger partial charge in [-0.2, -0.15) is 0 Å². The van der Waals surface area contributed by atoms with Gasteiger partial charge in [0.15, 0.2) is 9.84 Å². The minimum Gasteiger partial charge on any atom is -0.313 e. The van der Waals surface area contributed by atoms with Gasteiger partial charge in [0.2, 0.25) is 11.8 Å². The number of carbonyl (C=O) groups excluding carboxylic acids is 2. The fourth-order valence-electron chi connectivity index (χ4n) is 3.94. The number of fused-ring (bicyclic) bond motifs is 1. The van der Waals surface area contributed by atoms with Crippen LogP contribution in [0.3, 0.4) is 0 Å². The van der Waals surface area contributed by atoms with E-state index in [2.05, 4.69) is 0 Å². The molecule has 2 aromatic carbocycles. The number of carbonyl (C=O) groups is 2. The number of para-hydroxylation sites is 1. The van der Waals surface area contributed by atoms with E-state index in [1.54, 1.807) is 28.0 Å². The molecule has 0 radical (unpaired) electrons. The van der Waals surface area contributed by atoms with Crippen molar-refractivity contribution in [1.82, 2.24) is 0 Å². The number of hydrogen-bond donors (Lipinski definition) is 0. The smallest absolute Gasteiger partial charge is 0.228 e. The quantitative estimate of drug-likeness (QED) is 0.675. The number of amides is 2. The molecule has 3 rings (SSSR count). The standard InChI is InChI=1S/C23H28N2O4S/c1-4-22(26)25-17(3)15-18-16-20(11-12-21(18)25)30(28,29)14-13-23(27)24(5-2)19-9-7-6-8-10-19/h6-12,16-17H,4-5,13-15H2,1-3H3/t17-/m1/s1. The second kappa shape index (κ2) is 9.00. The number of rotatable bonds is 7. The molecule has 160 valence electrons. The van der Waals surface area contributed by atoms with E-state index in [1.165, 1.54) is 0 Å².